The van der Waals surface area contributed by atoms with E-state index in [-0.39, 0.29) is 0 Å². The fourth-order valence-electron chi connectivity index (χ4n) is 2.51. The van der Waals surface area contributed by atoms with Gasteiger partial charge in [-0.25, -0.2) is 0 Å². The Bertz CT molecular complexity index is 375. The second-order valence-corrected chi connectivity index (χ2v) is 6.08. The summed E-state index contributed by atoms with van der Waals surface area (Å²) in [6.07, 6.45) is 5.67. The minimum Gasteiger partial charge on any atom is -0.271 e. The fourth-order valence-corrected chi connectivity index (χ4v) is 3.67. The number of hydrogen-bond donors (Lipinski definition) is 0. The highest BCUT2D eigenvalue weighted by molar-refractivity contribution is 9.10. The van der Waals surface area contributed by atoms with Crippen LogP contribution in [-0.4, -0.2) is 15.2 Å². The van der Waals surface area contributed by atoms with Crippen molar-refractivity contribution in [1.29, 1.82) is 0 Å². The molecule has 2 nitrogen and oxygen atoms in total. The van der Waals surface area contributed by atoms with Crippen molar-refractivity contribution in [2.75, 3.05) is 0 Å². The first-order chi connectivity index (χ1) is 7.61. The zero-order valence-corrected chi connectivity index (χ0v) is 12.2. The molecular formula is C12H18BrClN2. The number of halogens is 2. The molecule has 0 spiro atoms. The SMILES string of the molecule is CCc1nn(C)c(CC2CCC(Cl)C2)c1Br. The molecule has 1 aromatic rings. The van der Waals surface area contributed by atoms with Gasteiger partial charge in [0.05, 0.1) is 15.9 Å². The summed E-state index contributed by atoms with van der Waals surface area (Å²) in [7, 11) is 2.03. The molecule has 2 unspecified atom stereocenters. The first kappa shape index (κ1) is 12.4. The Kier molecular flexibility index (Phi) is 3.96. The largest absolute Gasteiger partial charge is 0.271 e. The van der Waals surface area contributed by atoms with Crippen molar-refractivity contribution in [3.05, 3.63) is 15.9 Å². The van der Waals surface area contributed by atoms with Gasteiger partial charge in [0.25, 0.3) is 0 Å². The van der Waals surface area contributed by atoms with Crippen LogP contribution in [0.4, 0.5) is 0 Å². The molecule has 1 fully saturated rings. The van der Waals surface area contributed by atoms with E-state index in [4.69, 9.17) is 11.6 Å². The van der Waals surface area contributed by atoms with Crippen LogP contribution in [0.25, 0.3) is 0 Å². The van der Waals surface area contributed by atoms with Crippen molar-refractivity contribution in [2.45, 2.75) is 44.4 Å². The second-order valence-electron chi connectivity index (χ2n) is 4.67. The Morgan fingerprint density at radius 3 is 2.75 bits per heavy atom. The maximum Gasteiger partial charge on any atom is 0.0766 e. The highest BCUT2D eigenvalue weighted by atomic mass is 79.9. The molecule has 0 aliphatic heterocycles. The van der Waals surface area contributed by atoms with Crippen LogP contribution in [0.1, 0.15) is 37.6 Å². The quantitative estimate of drug-likeness (QED) is 0.779. The van der Waals surface area contributed by atoms with Crippen molar-refractivity contribution in [3.63, 3.8) is 0 Å². The van der Waals surface area contributed by atoms with Gasteiger partial charge >= 0.3 is 0 Å². The third-order valence-electron chi connectivity index (χ3n) is 3.46. The van der Waals surface area contributed by atoms with Gasteiger partial charge in [0.2, 0.25) is 0 Å². The lowest BCUT2D eigenvalue weighted by molar-refractivity contribution is 0.520. The topological polar surface area (TPSA) is 17.8 Å². The normalized spacial score (nSPS) is 25.2. The van der Waals surface area contributed by atoms with Crippen LogP contribution in [0.15, 0.2) is 4.47 Å². The lowest BCUT2D eigenvalue weighted by atomic mass is 10.0. The summed E-state index contributed by atoms with van der Waals surface area (Å²) in [5, 5.41) is 4.92. The summed E-state index contributed by atoms with van der Waals surface area (Å²) in [6.45, 7) is 2.14. The molecule has 1 aliphatic carbocycles. The molecule has 0 amide bonds. The summed E-state index contributed by atoms with van der Waals surface area (Å²) in [4.78, 5) is 0. The molecule has 0 aromatic carbocycles. The zero-order chi connectivity index (χ0) is 11.7. The average Bonchev–Trinajstić information content (AvgIpc) is 2.77. The number of alkyl halides is 1. The molecule has 0 N–H and O–H groups in total. The van der Waals surface area contributed by atoms with Crippen LogP contribution in [0.5, 0.6) is 0 Å². The predicted molar refractivity (Wildman–Crippen MR) is 71.0 cm³/mol. The van der Waals surface area contributed by atoms with Crippen LogP contribution in [0, 0.1) is 5.92 Å². The van der Waals surface area contributed by atoms with E-state index in [9.17, 15) is 0 Å². The number of rotatable bonds is 3. The van der Waals surface area contributed by atoms with E-state index in [2.05, 4.69) is 28.0 Å². The molecule has 1 aromatic heterocycles. The van der Waals surface area contributed by atoms with Gasteiger partial charge in [-0.15, -0.1) is 11.6 Å². The van der Waals surface area contributed by atoms with E-state index in [1.807, 2.05) is 11.7 Å². The minimum absolute atomic E-state index is 0.391. The van der Waals surface area contributed by atoms with Crippen LogP contribution >= 0.6 is 27.5 Å². The molecule has 1 aliphatic rings. The van der Waals surface area contributed by atoms with Gasteiger partial charge in [-0.05, 0) is 54.0 Å². The Labute approximate surface area is 110 Å². The number of aryl methyl sites for hydroxylation is 2. The maximum absolute atomic E-state index is 6.15. The van der Waals surface area contributed by atoms with Gasteiger partial charge < -0.3 is 0 Å². The van der Waals surface area contributed by atoms with E-state index in [0.29, 0.717) is 5.38 Å². The average molecular weight is 306 g/mol. The first-order valence-electron chi connectivity index (χ1n) is 5.96. The van der Waals surface area contributed by atoms with Crippen molar-refractivity contribution in [2.24, 2.45) is 13.0 Å². The predicted octanol–water partition coefficient (Wildman–Crippen LogP) is 3.70. The van der Waals surface area contributed by atoms with Crippen LogP contribution < -0.4 is 0 Å². The standard InChI is InChI=1S/C12H18BrClN2/c1-3-10-12(13)11(16(2)15-10)7-8-4-5-9(14)6-8/h8-9H,3-7H2,1-2H3. The van der Waals surface area contributed by atoms with E-state index >= 15 is 0 Å². The molecule has 16 heavy (non-hydrogen) atoms. The van der Waals surface area contributed by atoms with Gasteiger partial charge in [-0.3, -0.25) is 4.68 Å². The summed E-state index contributed by atoms with van der Waals surface area (Å²) >= 11 is 9.82. The molecule has 0 radical (unpaired) electrons. The van der Waals surface area contributed by atoms with E-state index in [0.717, 1.165) is 30.9 Å². The lowest BCUT2D eigenvalue weighted by Gasteiger charge is -2.09. The van der Waals surface area contributed by atoms with Crippen LogP contribution in [0.2, 0.25) is 0 Å². The van der Waals surface area contributed by atoms with Crippen LogP contribution in [0.3, 0.4) is 0 Å². The summed E-state index contributed by atoms with van der Waals surface area (Å²) in [5.41, 5.74) is 2.49. The molecule has 1 heterocycles. The molecule has 2 rings (SSSR count). The zero-order valence-electron chi connectivity index (χ0n) is 9.84. The molecule has 2 atom stereocenters. The van der Waals surface area contributed by atoms with Gasteiger partial charge in [0, 0.05) is 12.4 Å². The third-order valence-corrected chi connectivity index (χ3v) is 4.77. The van der Waals surface area contributed by atoms with Crippen molar-refractivity contribution in [1.82, 2.24) is 9.78 Å². The molecular weight excluding hydrogens is 288 g/mol. The van der Waals surface area contributed by atoms with Gasteiger partial charge in [-0.1, -0.05) is 6.92 Å². The molecule has 0 bridgehead atoms. The lowest BCUT2D eigenvalue weighted by Crippen LogP contribution is -2.06. The highest BCUT2D eigenvalue weighted by Gasteiger charge is 2.25. The Balaban J connectivity index is 2.12. The van der Waals surface area contributed by atoms with E-state index in [1.54, 1.807) is 0 Å². The first-order valence-corrected chi connectivity index (χ1v) is 7.19. The van der Waals surface area contributed by atoms with E-state index < -0.39 is 0 Å². The highest BCUT2D eigenvalue weighted by Crippen LogP contribution is 2.34. The number of hydrogen-bond acceptors (Lipinski definition) is 1. The Morgan fingerprint density at radius 1 is 1.50 bits per heavy atom. The second kappa shape index (κ2) is 5.09. The van der Waals surface area contributed by atoms with Gasteiger partial charge in [-0.2, -0.15) is 5.10 Å². The van der Waals surface area contributed by atoms with Crippen LogP contribution in [-0.2, 0) is 19.9 Å². The monoisotopic (exact) mass is 304 g/mol. The van der Waals surface area contributed by atoms with Crippen molar-refractivity contribution in [3.8, 4) is 0 Å². The third kappa shape index (κ3) is 2.45. The molecule has 0 saturated heterocycles. The minimum atomic E-state index is 0.391. The molecule has 90 valence electrons. The molecule has 1 saturated carbocycles. The molecule has 4 heteroatoms. The Hall–Kier alpha value is -0.0200. The van der Waals surface area contributed by atoms with Gasteiger partial charge in [0.15, 0.2) is 0 Å². The van der Waals surface area contributed by atoms with Crippen molar-refractivity contribution < 1.29 is 0 Å². The number of nitrogens with zero attached hydrogens (tertiary/aromatic N) is 2. The number of aromatic nitrogens is 2. The van der Waals surface area contributed by atoms with E-state index in [1.165, 1.54) is 23.0 Å². The van der Waals surface area contributed by atoms with Crippen molar-refractivity contribution >= 4 is 27.5 Å². The summed E-state index contributed by atoms with van der Waals surface area (Å²) in [5.74, 6) is 0.735. The maximum atomic E-state index is 6.15. The Morgan fingerprint density at radius 2 is 2.25 bits per heavy atom. The smallest absolute Gasteiger partial charge is 0.0766 e. The summed E-state index contributed by atoms with van der Waals surface area (Å²) < 4.78 is 3.22. The fraction of sp³-hybridized carbons (Fsp3) is 0.750. The summed E-state index contributed by atoms with van der Waals surface area (Å²) in [6, 6.07) is 0. The van der Waals surface area contributed by atoms with Gasteiger partial charge in [0.1, 0.15) is 0 Å².